The molecule has 20 heavy (non-hydrogen) atoms. The van der Waals surface area contributed by atoms with E-state index in [4.69, 9.17) is 11.6 Å². The molecule has 0 unspecified atom stereocenters. The number of hydrogen-bond donors (Lipinski definition) is 1. The minimum absolute atomic E-state index is 0.0796. The minimum Gasteiger partial charge on any atom is -0.390 e. The maximum Gasteiger partial charge on any atom is 0.137 e. The van der Waals surface area contributed by atoms with Gasteiger partial charge in [-0.2, -0.15) is 0 Å². The highest BCUT2D eigenvalue weighted by Gasteiger charge is 2.13. The number of benzene rings is 1. The number of aliphatic hydroxyl groups is 1. The quantitative estimate of drug-likeness (QED) is 0.779. The molecular weight excluding hydrogens is 272 g/mol. The van der Waals surface area contributed by atoms with Gasteiger partial charge in [-0.3, -0.25) is 4.40 Å². The Kier molecular flexibility index (Phi) is 3.24. The van der Waals surface area contributed by atoms with Crippen LogP contribution in [0.4, 0.5) is 0 Å². The molecule has 0 saturated carbocycles. The van der Waals surface area contributed by atoms with E-state index in [-0.39, 0.29) is 6.61 Å². The monoisotopic (exact) mass is 286 g/mol. The number of imidazole rings is 1. The predicted molar refractivity (Wildman–Crippen MR) is 81.0 cm³/mol. The normalized spacial score (nSPS) is 11.2. The van der Waals surface area contributed by atoms with E-state index < -0.39 is 0 Å². The third-order valence-corrected chi connectivity index (χ3v) is 3.84. The van der Waals surface area contributed by atoms with Gasteiger partial charge in [-0.25, -0.2) is 4.98 Å². The minimum atomic E-state index is -0.0796. The van der Waals surface area contributed by atoms with Crippen molar-refractivity contribution < 1.29 is 5.11 Å². The van der Waals surface area contributed by atoms with Crippen LogP contribution in [-0.2, 0) is 6.61 Å². The predicted octanol–water partition coefficient (Wildman–Crippen LogP) is 3.76. The maximum atomic E-state index is 9.68. The van der Waals surface area contributed by atoms with Crippen LogP contribution < -0.4 is 0 Å². The Hall–Kier alpha value is -1.84. The molecule has 0 aliphatic carbocycles. The van der Waals surface area contributed by atoms with Gasteiger partial charge in [0.25, 0.3) is 0 Å². The SMILES string of the molecule is Cc1ccc(-c2nc3ccc(Cl)cn3c2CO)cc1C. The van der Waals surface area contributed by atoms with Crippen LogP contribution in [0.5, 0.6) is 0 Å². The number of nitrogens with zero attached hydrogens (tertiary/aromatic N) is 2. The van der Waals surface area contributed by atoms with Gasteiger partial charge in [0.2, 0.25) is 0 Å². The van der Waals surface area contributed by atoms with E-state index in [1.165, 1.54) is 11.1 Å². The highest BCUT2D eigenvalue weighted by Crippen LogP contribution is 2.27. The second kappa shape index (κ2) is 4.93. The number of pyridine rings is 1. The van der Waals surface area contributed by atoms with Crippen LogP contribution in [0.25, 0.3) is 16.9 Å². The van der Waals surface area contributed by atoms with Crippen LogP contribution in [0, 0.1) is 13.8 Å². The zero-order valence-electron chi connectivity index (χ0n) is 11.4. The lowest BCUT2D eigenvalue weighted by Gasteiger charge is -2.05. The summed E-state index contributed by atoms with van der Waals surface area (Å²) in [5, 5.41) is 10.3. The van der Waals surface area contributed by atoms with Crippen LogP contribution in [-0.4, -0.2) is 14.5 Å². The summed E-state index contributed by atoms with van der Waals surface area (Å²) in [5.74, 6) is 0. The topological polar surface area (TPSA) is 37.5 Å². The highest BCUT2D eigenvalue weighted by atomic mass is 35.5. The molecule has 0 spiro atoms. The molecule has 4 heteroatoms. The number of halogens is 1. The molecule has 0 aliphatic rings. The third kappa shape index (κ3) is 2.09. The van der Waals surface area contributed by atoms with Crippen molar-refractivity contribution in [3.05, 3.63) is 58.4 Å². The number of hydrogen-bond acceptors (Lipinski definition) is 2. The molecule has 0 aliphatic heterocycles. The van der Waals surface area contributed by atoms with Crippen molar-refractivity contribution >= 4 is 17.2 Å². The molecule has 2 heterocycles. The maximum absolute atomic E-state index is 9.68. The van der Waals surface area contributed by atoms with Crippen molar-refractivity contribution in [3.63, 3.8) is 0 Å². The van der Waals surface area contributed by atoms with E-state index in [0.29, 0.717) is 5.02 Å². The van der Waals surface area contributed by atoms with Gasteiger partial charge in [0, 0.05) is 11.8 Å². The summed E-state index contributed by atoms with van der Waals surface area (Å²) >= 11 is 6.02. The van der Waals surface area contributed by atoms with Gasteiger partial charge in [-0.15, -0.1) is 0 Å². The fourth-order valence-electron chi connectivity index (χ4n) is 2.34. The highest BCUT2D eigenvalue weighted by molar-refractivity contribution is 6.30. The van der Waals surface area contributed by atoms with Gasteiger partial charge < -0.3 is 5.11 Å². The lowest BCUT2D eigenvalue weighted by molar-refractivity contribution is 0.276. The smallest absolute Gasteiger partial charge is 0.137 e. The van der Waals surface area contributed by atoms with Crippen LogP contribution >= 0.6 is 11.6 Å². The molecular formula is C16H15ClN2O. The first kappa shape index (κ1) is 13.2. The zero-order chi connectivity index (χ0) is 14.3. The third-order valence-electron chi connectivity index (χ3n) is 3.61. The average Bonchev–Trinajstić information content (AvgIpc) is 2.79. The molecule has 1 aromatic carbocycles. The molecule has 3 rings (SSSR count). The Labute approximate surface area is 122 Å². The van der Waals surface area contributed by atoms with E-state index in [1.54, 1.807) is 12.3 Å². The number of aromatic nitrogens is 2. The number of fused-ring (bicyclic) bond motifs is 1. The summed E-state index contributed by atoms with van der Waals surface area (Å²) in [6.07, 6.45) is 1.78. The number of aryl methyl sites for hydroxylation is 2. The summed E-state index contributed by atoms with van der Waals surface area (Å²) < 4.78 is 1.84. The van der Waals surface area contributed by atoms with Gasteiger partial charge in [0.15, 0.2) is 0 Å². The largest absolute Gasteiger partial charge is 0.390 e. The van der Waals surface area contributed by atoms with E-state index in [0.717, 1.165) is 22.6 Å². The van der Waals surface area contributed by atoms with Gasteiger partial charge >= 0.3 is 0 Å². The molecule has 3 nitrogen and oxygen atoms in total. The lowest BCUT2D eigenvalue weighted by atomic mass is 10.0. The molecule has 0 radical (unpaired) electrons. The number of aliphatic hydroxyl groups excluding tert-OH is 1. The van der Waals surface area contributed by atoms with Crippen molar-refractivity contribution in [2.24, 2.45) is 0 Å². The van der Waals surface area contributed by atoms with Crippen molar-refractivity contribution in [2.75, 3.05) is 0 Å². The van der Waals surface area contributed by atoms with E-state index >= 15 is 0 Å². The Morgan fingerprint density at radius 1 is 1.15 bits per heavy atom. The standard InChI is InChI=1S/C16H15ClN2O/c1-10-3-4-12(7-11(10)2)16-14(9-20)19-8-13(17)5-6-15(19)18-16/h3-8,20H,9H2,1-2H3. The molecule has 1 N–H and O–H groups in total. The molecule has 0 atom stereocenters. The lowest BCUT2D eigenvalue weighted by Crippen LogP contribution is -1.94. The van der Waals surface area contributed by atoms with Crippen LogP contribution in [0.2, 0.25) is 5.02 Å². The number of rotatable bonds is 2. The van der Waals surface area contributed by atoms with Crippen molar-refractivity contribution in [1.82, 2.24) is 9.38 Å². The van der Waals surface area contributed by atoms with E-state index in [9.17, 15) is 5.11 Å². The first-order chi connectivity index (χ1) is 9.60. The van der Waals surface area contributed by atoms with E-state index in [1.807, 2.05) is 16.5 Å². The fourth-order valence-corrected chi connectivity index (χ4v) is 2.50. The van der Waals surface area contributed by atoms with Gasteiger partial charge in [-0.05, 0) is 43.2 Å². The summed E-state index contributed by atoms with van der Waals surface area (Å²) in [7, 11) is 0. The Bertz CT molecular complexity index is 793. The van der Waals surface area contributed by atoms with Crippen molar-refractivity contribution in [2.45, 2.75) is 20.5 Å². The summed E-state index contributed by atoms with van der Waals surface area (Å²) in [4.78, 5) is 4.61. The first-order valence-electron chi connectivity index (χ1n) is 6.45. The van der Waals surface area contributed by atoms with Gasteiger partial charge in [0.05, 0.1) is 23.0 Å². The van der Waals surface area contributed by atoms with Crippen LogP contribution in [0.3, 0.4) is 0 Å². The molecule has 3 aromatic rings. The van der Waals surface area contributed by atoms with Crippen molar-refractivity contribution in [1.29, 1.82) is 0 Å². The molecule has 0 amide bonds. The Balaban J connectivity index is 2.27. The van der Waals surface area contributed by atoms with Gasteiger partial charge in [0.1, 0.15) is 5.65 Å². The molecule has 0 fully saturated rings. The summed E-state index contributed by atoms with van der Waals surface area (Å²) in [5.41, 5.74) is 5.81. The van der Waals surface area contributed by atoms with Crippen LogP contribution in [0.1, 0.15) is 16.8 Å². The second-order valence-electron chi connectivity index (χ2n) is 4.94. The second-order valence-corrected chi connectivity index (χ2v) is 5.38. The van der Waals surface area contributed by atoms with Gasteiger partial charge in [-0.1, -0.05) is 23.7 Å². The fraction of sp³-hybridized carbons (Fsp3) is 0.188. The van der Waals surface area contributed by atoms with Crippen molar-refractivity contribution in [3.8, 4) is 11.3 Å². The Morgan fingerprint density at radius 3 is 2.65 bits per heavy atom. The Morgan fingerprint density at radius 2 is 1.95 bits per heavy atom. The molecule has 102 valence electrons. The summed E-state index contributed by atoms with van der Waals surface area (Å²) in [6, 6.07) is 9.85. The average molecular weight is 287 g/mol. The molecule has 0 saturated heterocycles. The molecule has 0 bridgehead atoms. The van der Waals surface area contributed by atoms with Crippen LogP contribution in [0.15, 0.2) is 36.5 Å². The first-order valence-corrected chi connectivity index (χ1v) is 6.83. The summed E-state index contributed by atoms with van der Waals surface area (Å²) in [6.45, 7) is 4.07. The van der Waals surface area contributed by atoms with E-state index in [2.05, 4.69) is 31.0 Å². The zero-order valence-corrected chi connectivity index (χ0v) is 12.1. The molecule has 2 aromatic heterocycles.